The van der Waals surface area contributed by atoms with Crippen molar-refractivity contribution >= 4 is 21.8 Å². The summed E-state index contributed by atoms with van der Waals surface area (Å²) in [7, 11) is 0. The maximum absolute atomic E-state index is 12.9. The van der Waals surface area contributed by atoms with Crippen molar-refractivity contribution in [1.29, 1.82) is 0 Å². The van der Waals surface area contributed by atoms with Crippen LogP contribution in [0.2, 0.25) is 0 Å². The number of hydrogen-bond acceptors (Lipinski definition) is 4. The molecule has 0 radical (unpaired) electrons. The van der Waals surface area contributed by atoms with Crippen molar-refractivity contribution in [2.24, 2.45) is 11.7 Å². The Labute approximate surface area is 146 Å². The summed E-state index contributed by atoms with van der Waals surface area (Å²) in [6, 6.07) is 10.2. The number of nitrogens with one attached hydrogen (secondary N) is 2. The first kappa shape index (κ1) is 16.9. The number of hydrogen-bond donors (Lipinski definition) is 3. The number of nitrogens with zero attached hydrogens (tertiary/aromatic N) is 1. The van der Waals surface area contributed by atoms with Crippen LogP contribution < -0.4 is 16.6 Å². The lowest BCUT2D eigenvalue weighted by Crippen LogP contribution is -2.48. The Kier molecular flexibility index (Phi) is 5.06. The molecule has 2 fully saturated rings. The topological polar surface area (TPSA) is 70.4 Å². The highest BCUT2D eigenvalue weighted by atomic mass is 79.9. The molecule has 4 N–H and O–H groups in total. The number of hydrazine groups is 1. The van der Waals surface area contributed by atoms with Crippen LogP contribution >= 0.6 is 15.9 Å². The second kappa shape index (κ2) is 6.89. The minimum Gasteiger partial charge on any atom is -0.339 e. The van der Waals surface area contributed by atoms with Crippen LogP contribution in [-0.2, 0) is 4.79 Å². The number of benzene rings is 1. The zero-order valence-electron chi connectivity index (χ0n) is 13.6. The minimum absolute atomic E-state index is 0.00890. The summed E-state index contributed by atoms with van der Waals surface area (Å²) in [5.74, 6) is 0.781. The molecule has 0 aliphatic carbocycles. The van der Waals surface area contributed by atoms with E-state index in [0.717, 1.165) is 0 Å². The fourth-order valence-electron chi connectivity index (χ4n) is 3.54. The van der Waals surface area contributed by atoms with E-state index in [1.807, 2.05) is 23.1 Å². The molecule has 2 saturated heterocycles. The van der Waals surface area contributed by atoms with E-state index < -0.39 is 0 Å². The molecule has 2 aliphatic heterocycles. The Balaban J connectivity index is 1.68. The van der Waals surface area contributed by atoms with Crippen LogP contribution in [0.1, 0.15) is 25.3 Å². The smallest absolute Gasteiger partial charge is 0.242 e. The quantitative estimate of drug-likeness (QED) is 0.689. The fourth-order valence-corrected chi connectivity index (χ4v) is 4.64. The Bertz CT molecular complexity index is 553. The van der Waals surface area contributed by atoms with E-state index in [9.17, 15) is 4.79 Å². The molecule has 1 amide bonds. The molecule has 3 unspecified atom stereocenters. The zero-order chi connectivity index (χ0) is 16.6. The Morgan fingerprint density at radius 2 is 1.96 bits per heavy atom. The summed E-state index contributed by atoms with van der Waals surface area (Å²) in [5, 5.41) is 0. The number of likely N-dealkylation sites (tertiary alicyclic amines) is 1. The highest BCUT2D eigenvalue weighted by molar-refractivity contribution is 9.09. The molecule has 6 heteroatoms. The molecular formula is C17H25BrN4O. The van der Waals surface area contributed by atoms with Gasteiger partial charge in [0.15, 0.2) is 0 Å². The maximum atomic E-state index is 12.9. The van der Waals surface area contributed by atoms with Gasteiger partial charge in [-0.1, -0.05) is 60.1 Å². The van der Waals surface area contributed by atoms with E-state index in [4.69, 9.17) is 5.73 Å². The highest BCUT2D eigenvalue weighted by Crippen LogP contribution is 2.29. The molecular weight excluding hydrogens is 356 g/mol. The van der Waals surface area contributed by atoms with Gasteiger partial charge < -0.3 is 10.6 Å². The van der Waals surface area contributed by atoms with Crippen LogP contribution in [0.4, 0.5) is 0 Å². The van der Waals surface area contributed by atoms with E-state index >= 15 is 0 Å². The maximum Gasteiger partial charge on any atom is 0.242 e. The zero-order valence-corrected chi connectivity index (χ0v) is 15.2. The SMILES string of the molecule is CC(C)C1NNC(C(=O)N2C[C@@H](N)[C@H](c3ccccc3)C2)C1Br. The first-order valence-corrected chi connectivity index (χ1v) is 9.15. The van der Waals surface area contributed by atoms with Crippen molar-refractivity contribution in [3.05, 3.63) is 35.9 Å². The van der Waals surface area contributed by atoms with Gasteiger partial charge in [0, 0.05) is 31.1 Å². The lowest BCUT2D eigenvalue weighted by Gasteiger charge is -2.23. The Morgan fingerprint density at radius 3 is 2.57 bits per heavy atom. The first-order chi connectivity index (χ1) is 11.0. The van der Waals surface area contributed by atoms with Gasteiger partial charge in [0.2, 0.25) is 5.91 Å². The van der Waals surface area contributed by atoms with E-state index in [1.165, 1.54) is 5.56 Å². The molecule has 5 nitrogen and oxygen atoms in total. The molecule has 0 aromatic heterocycles. The number of amides is 1. The second-order valence-electron chi connectivity index (χ2n) is 6.90. The van der Waals surface area contributed by atoms with Gasteiger partial charge in [-0.05, 0) is 11.5 Å². The van der Waals surface area contributed by atoms with E-state index in [2.05, 4.69) is 52.8 Å². The fraction of sp³-hybridized carbons (Fsp3) is 0.588. The van der Waals surface area contributed by atoms with Crippen LogP contribution in [-0.4, -0.2) is 46.8 Å². The molecule has 1 aromatic rings. The first-order valence-electron chi connectivity index (χ1n) is 8.23. The summed E-state index contributed by atoms with van der Waals surface area (Å²) in [6.45, 7) is 5.60. The Morgan fingerprint density at radius 1 is 1.26 bits per heavy atom. The van der Waals surface area contributed by atoms with Crippen molar-refractivity contribution in [3.8, 4) is 0 Å². The van der Waals surface area contributed by atoms with E-state index in [-0.39, 0.29) is 34.8 Å². The summed E-state index contributed by atoms with van der Waals surface area (Å²) >= 11 is 3.69. The average Bonchev–Trinajstić information content (AvgIpc) is 3.11. The summed E-state index contributed by atoms with van der Waals surface area (Å²) in [6.07, 6.45) is 0. The molecule has 1 aromatic carbocycles. The monoisotopic (exact) mass is 380 g/mol. The predicted octanol–water partition coefficient (Wildman–Crippen LogP) is 1.20. The number of alkyl halides is 1. The molecule has 0 saturated carbocycles. The molecule has 0 bridgehead atoms. The molecule has 126 valence electrons. The average molecular weight is 381 g/mol. The predicted molar refractivity (Wildman–Crippen MR) is 95.1 cm³/mol. The highest BCUT2D eigenvalue weighted by Gasteiger charge is 2.44. The third-order valence-electron chi connectivity index (χ3n) is 4.96. The molecule has 3 rings (SSSR count). The van der Waals surface area contributed by atoms with Gasteiger partial charge >= 0.3 is 0 Å². The summed E-state index contributed by atoms with van der Waals surface area (Å²) in [4.78, 5) is 14.9. The van der Waals surface area contributed by atoms with E-state index in [0.29, 0.717) is 19.0 Å². The minimum atomic E-state index is -0.246. The van der Waals surface area contributed by atoms with Crippen LogP contribution in [0, 0.1) is 5.92 Å². The summed E-state index contributed by atoms with van der Waals surface area (Å²) < 4.78 is 0. The third-order valence-corrected chi connectivity index (χ3v) is 6.05. The van der Waals surface area contributed by atoms with Gasteiger partial charge in [-0.3, -0.25) is 10.2 Å². The molecule has 23 heavy (non-hydrogen) atoms. The number of halogens is 1. The number of rotatable bonds is 3. The van der Waals surface area contributed by atoms with Gasteiger partial charge in [-0.25, -0.2) is 5.43 Å². The second-order valence-corrected chi connectivity index (χ2v) is 7.96. The molecule has 5 atom stereocenters. The van der Waals surface area contributed by atoms with E-state index in [1.54, 1.807) is 0 Å². The standard InChI is InChI=1S/C17H25BrN4O/c1-10(2)15-14(18)16(21-20-15)17(23)22-8-12(13(19)9-22)11-6-4-3-5-7-11/h3-7,10,12-16,20-21H,8-9,19H2,1-2H3/t12-,13+,14?,15?,16?/m0/s1. The van der Waals surface area contributed by atoms with Crippen LogP contribution in [0.5, 0.6) is 0 Å². The summed E-state index contributed by atoms with van der Waals surface area (Å²) in [5.41, 5.74) is 13.9. The third kappa shape index (κ3) is 3.31. The van der Waals surface area contributed by atoms with Crippen LogP contribution in [0.15, 0.2) is 30.3 Å². The van der Waals surface area contributed by atoms with Crippen molar-refractivity contribution in [2.45, 2.75) is 42.7 Å². The van der Waals surface area contributed by atoms with Gasteiger partial charge in [0.25, 0.3) is 0 Å². The normalized spacial score (nSPS) is 34.3. The molecule has 2 aliphatic rings. The van der Waals surface area contributed by atoms with Gasteiger partial charge in [0.1, 0.15) is 6.04 Å². The number of carbonyl (C=O) groups is 1. The van der Waals surface area contributed by atoms with Crippen molar-refractivity contribution in [3.63, 3.8) is 0 Å². The molecule has 2 heterocycles. The lowest BCUT2D eigenvalue weighted by molar-refractivity contribution is -0.132. The van der Waals surface area contributed by atoms with Gasteiger partial charge in [-0.15, -0.1) is 0 Å². The molecule has 0 spiro atoms. The van der Waals surface area contributed by atoms with Gasteiger partial charge in [-0.2, -0.15) is 0 Å². The van der Waals surface area contributed by atoms with Crippen LogP contribution in [0.3, 0.4) is 0 Å². The lowest BCUT2D eigenvalue weighted by atomic mass is 9.95. The van der Waals surface area contributed by atoms with Crippen LogP contribution in [0.25, 0.3) is 0 Å². The van der Waals surface area contributed by atoms with Crippen molar-refractivity contribution in [2.75, 3.05) is 13.1 Å². The largest absolute Gasteiger partial charge is 0.339 e. The number of carbonyl (C=O) groups excluding carboxylic acids is 1. The number of nitrogens with two attached hydrogens (primary N) is 1. The van der Waals surface area contributed by atoms with Crippen molar-refractivity contribution in [1.82, 2.24) is 15.8 Å². The van der Waals surface area contributed by atoms with Gasteiger partial charge in [0.05, 0.1) is 4.83 Å². The Hall–Kier alpha value is -0.950. The van der Waals surface area contributed by atoms with Crippen molar-refractivity contribution < 1.29 is 4.79 Å².